The van der Waals surface area contributed by atoms with E-state index in [9.17, 15) is 72.0 Å². The molecule has 4 amide bonds. The first-order valence-electron chi connectivity index (χ1n) is 47.3. The highest BCUT2D eigenvalue weighted by Gasteiger charge is 2.77. The molecule has 6 aromatic carbocycles. The van der Waals surface area contributed by atoms with Crippen molar-refractivity contribution in [1.82, 2.24) is 20.7 Å². The first kappa shape index (κ1) is 95.4. The van der Waals surface area contributed by atoms with E-state index in [0.29, 0.717) is 229 Å². The van der Waals surface area contributed by atoms with Crippen LogP contribution in [0.25, 0.3) is 0 Å². The summed E-state index contributed by atoms with van der Waals surface area (Å²) >= 11 is 38.2. The Morgan fingerprint density at radius 1 is 0.381 bits per heavy atom. The number of benzene rings is 6. The fourth-order valence-corrected chi connectivity index (χ4v) is 30.8. The maximum Gasteiger partial charge on any atom is 0.309 e. The molecule has 11 N–H and O–H groups in total. The van der Waals surface area contributed by atoms with Crippen molar-refractivity contribution in [2.24, 2.45) is 32.5 Å². The lowest BCUT2D eigenvalue weighted by Gasteiger charge is -2.52. The second kappa shape index (κ2) is 33.6. The molecule has 15 fully saturated rings. The second-order valence-corrected chi connectivity index (χ2v) is 47.7. The van der Waals surface area contributed by atoms with Crippen LogP contribution in [0.1, 0.15) is 283 Å². The van der Waals surface area contributed by atoms with Crippen molar-refractivity contribution in [2.75, 3.05) is 22.2 Å². The van der Waals surface area contributed by atoms with Gasteiger partial charge in [-0.25, -0.2) is 21.6 Å². The molecular formula is C102H112Cl6F3N7O15S. The molecule has 6 spiro atoms. The molecule has 6 aromatic rings. The molecule has 12 aliphatic carbocycles. The summed E-state index contributed by atoms with van der Waals surface area (Å²) in [5.74, 6) is -7.89. The molecule has 24 rings (SSSR count). The van der Waals surface area contributed by atoms with Crippen LogP contribution in [0.4, 0.5) is 30.2 Å². The summed E-state index contributed by atoms with van der Waals surface area (Å²) in [4.78, 5) is 125. The Labute approximate surface area is 806 Å². The molecule has 3 saturated heterocycles. The molecule has 134 heavy (non-hydrogen) atoms. The number of halogens is 9. The minimum atomic E-state index is -3.68. The Kier molecular flexibility index (Phi) is 23.9. The van der Waals surface area contributed by atoms with Gasteiger partial charge in [-0.1, -0.05) is 143 Å². The normalized spacial score (nSPS) is 36.9. The van der Waals surface area contributed by atoms with E-state index < -0.39 is 142 Å². The molecule has 32 heteroatoms. The number of ketones is 3. The van der Waals surface area contributed by atoms with Gasteiger partial charge in [0.15, 0.2) is 17.3 Å². The van der Waals surface area contributed by atoms with Crippen LogP contribution in [0.5, 0.6) is 0 Å². The molecule has 0 aromatic heterocycles. The minimum Gasteiger partial charge on any atom is -0.481 e. The zero-order chi connectivity index (χ0) is 95.3. The molecule has 6 heterocycles. The zero-order valence-electron chi connectivity index (χ0n) is 75.0. The van der Waals surface area contributed by atoms with Crippen LogP contribution in [0, 0.1) is 49.9 Å². The number of nitrogens with one attached hydrogen (secondary N) is 7. The standard InChI is InChI=1S/C34H38Cl2FN3O5S.2C34H37Cl2FN2O5/c1-46(44,45)40-29(42)32-15-12-31(13-16-32,14-17-32)19-25(41)28-26(21-6-5-7-23(36)27(21)37)34(33(39-28)10-3-2-4-11-33)22-9-8-20(35)18-24(22)38-30(34)43;2*1-30(44)7-15-33(16-8-30)34(21-6-5-19(35)17-23(21)38-28(34)41)25(20-3-2-4-22(36)26(20)37)27(39-33)24(40)18-31-9-12-32(13-10-31,14-11-31)29(42)43/h5-9,18,26,28,39H,2-4,10-17,19H2,1H3,(H,38,43)(H,40,42);2*2-6,17,25,27,39,44H,7-16,18H2,1H3,(H,38,41)(H,42,43)/t26-,28-,31?,32?,34+;2*25-,27-,30?,31?,32?,33?,34+/m000/s1. The Morgan fingerprint density at radius 3 is 0.918 bits per heavy atom. The lowest BCUT2D eigenvalue weighted by molar-refractivity contribution is -0.160. The van der Waals surface area contributed by atoms with E-state index in [-0.39, 0.29) is 102 Å². The maximum absolute atomic E-state index is 16.2. The van der Waals surface area contributed by atoms with Gasteiger partial charge in [-0.15, -0.1) is 0 Å². The average Bonchev–Trinajstić information content (AvgIpc) is 1.51. The summed E-state index contributed by atoms with van der Waals surface area (Å²) in [5.41, 5.74) is -7.54. The van der Waals surface area contributed by atoms with Crippen molar-refractivity contribution < 1.29 is 85.2 Å². The fraction of sp³-hybridized carbons (Fsp3) is 0.559. The zero-order valence-corrected chi connectivity index (χ0v) is 80.3. The van der Waals surface area contributed by atoms with Crippen molar-refractivity contribution in [2.45, 2.75) is 312 Å². The molecule has 22 nitrogen and oxygen atoms in total. The first-order valence-corrected chi connectivity index (χ1v) is 51.5. The van der Waals surface area contributed by atoms with Crippen LogP contribution in [0.2, 0.25) is 30.1 Å². The maximum atomic E-state index is 16.2. The fourth-order valence-electron chi connectivity index (χ4n) is 29.2. The van der Waals surface area contributed by atoms with Crippen molar-refractivity contribution in [3.05, 3.63) is 190 Å². The SMILES string of the molecule is CC1(O)CCC2(CC1)N[C@@H](C(=O)CC13CCC(C(=O)O)(CC1)CC3)[C@H](c1cccc(Cl)c1F)[C@]21C(=O)Nc2cc(Cl)ccc21.CC1(O)CCC2(CC1)N[C@@H](C(=O)CC13CCC(C(=O)O)(CC1)CC3)[C@H](c1cccc(Cl)c1F)[C@]21C(=O)Nc2cc(Cl)ccc21.CS(=O)(=O)NC(=O)C12CCC(CC(=O)[C@@H]3NC4(CCCCC4)[C@@]4(C(=O)Nc5cc(Cl)ccc54)[C@H]3c3cccc(Cl)c3F)(CC1)CC2. The summed E-state index contributed by atoms with van der Waals surface area (Å²) in [6, 6.07) is 27.3. The number of fused-ring (bicyclic) bond motifs is 18. The number of hydrogen-bond donors (Lipinski definition) is 11. The van der Waals surface area contributed by atoms with E-state index >= 15 is 13.2 Å². The van der Waals surface area contributed by atoms with Gasteiger partial charge in [0, 0.05) is 85.8 Å². The molecule has 6 bridgehead atoms. The van der Waals surface area contributed by atoms with Crippen LogP contribution in [-0.2, 0) is 69.4 Å². The molecule has 9 atom stereocenters. The summed E-state index contributed by atoms with van der Waals surface area (Å²) in [7, 11) is -3.68. The minimum absolute atomic E-state index is 0.0694. The van der Waals surface area contributed by atoms with Crippen molar-refractivity contribution in [3.63, 3.8) is 0 Å². The Hall–Kier alpha value is -7.57. The number of carboxylic acids is 2. The average molecular weight is 1980 g/mol. The quantitative estimate of drug-likeness (QED) is 0.0429. The summed E-state index contributed by atoms with van der Waals surface area (Å²) in [6.45, 7) is 3.56. The molecule has 6 aliphatic heterocycles. The van der Waals surface area contributed by atoms with E-state index in [1.54, 1.807) is 98.8 Å². The second-order valence-electron chi connectivity index (χ2n) is 43.5. The topological polar surface area (TPSA) is 353 Å². The Morgan fingerprint density at radius 2 is 0.649 bits per heavy atom. The van der Waals surface area contributed by atoms with E-state index in [0.717, 1.165) is 25.5 Å². The monoisotopic (exact) mass is 1970 g/mol. The smallest absolute Gasteiger partial charge is 0.309 e. The highest BCUT2D eigenvalue weighted by molar-refractivity contribution is 7.89. The molecule has 0 unspecified atom stereocenters. The van der Waals surface area contributed by atoms with Crippen molar-refractivity contribution in [3.8, 4) is 0 Å². The Bertz CT molecular complexity index is 5760. The van der Waals surface area contributed by atoms with Gasteiger partial charge in [0.2, 0.25) is 33.7 Å². The van der Waals surface area contributed by atoms with Crippen LogP contribution in [-0.4, -0.2) is 134 Å². The summed E-state index contributed by atoms with van der Waals surface area (Å²) < 4.78 is 74.3. The van der Waals surface area contributed by atoms with Gasteiger partial charge in [0.25, 0.3) is 0 Å². The van der Waals surface area contributed by atoms with Gasteiger partial charge in [-0.3, -0.25) is 63.8 Å². The summed E-state index contributed by atoms with van der Waals surface area (Å²) in [5, 5.41) is 63.1. The number of hydrogen-bond acceptors (Lipinski definition) is 16. The molecule has 0 radical (unpaired) electrons. The number of amides is 4. The number of aliphatic hydroxyl groups is 2. The largest absolute Gasteiger partial charge is 0.481 e. The van der Waals surface area contributed by atoms with Gasteiger partial charge in [-0.05, 0) is 298 Å². The highest BCUT2D eigenvalue weighted by atomic mass is 35.5. The van der Waals surface area contributed by atoms with Gasteiger partial charge in [-0.2, -0.15) is 0 Å². The first-order chi connectivity index (χ1) is 63.3. The molecular weight excluding hydrogens is 1860 g/mol. The molecule has 18 aliphatic rings. The number of carboxylic acid groups (broad SMARTS) is 2. The lowest BCUT2D eigenvalue weighted by Crippen LogP contribution is -2.62. The predicted octanol–water partition coefficient (Wildman–Crippen LogP) is 19.2. The van der Waals surface area contributed by atoms with Crippen LogP contribution in [0.15, 0.2) is 109 Å². The van der Waals surface area contributed by atoms with Gasteiger partial charge in [0.05, 0.1) is 66.9 Å². The number of sulfonamides is 1. The third-order valence-electron chi connectivity index (χ3n) is 36.6. The van der Waals surface area contributed by atoms with E-state index in [4.69, 9.17) is 69.6 Å². The van der Waals surface area contributed by atoms with E-state index in [1.165, 1.54) is 18.2 Å². The van der Waals surface area contributed by atoms with E-state index in [2.05, 4.69) is 36.6 Å². The van der Waals surface area contributed by atoms with Crippen LogP contribution >= 0.6 is 69.6 Å². The number of Topliss-reactive ketones (excluding diaryl/α,β-unsaturated/α-hetero) is 3. The highest BCUT2D eigenvalue weighted by Crippen LogP contribution is 2.71. The Balaban J connectivity index is 0.000000129. The van der Waals surface area contributed by atoms with Gasteiger partial charge < -0.3 is 36.4 Å². The predicted molar refractivity (Wildman–Crippen MR) is 503 cm³/mol. The number of carbonyl (C=O) groups excluding carboxylic acids is 7. The molecule has 714 valence electrons. The lowest BCUT2D eigenvalue weighted by atomic mass is 9.51. The van der Waals surface area contributed by atoms with Crippen molar-refractivity contribution >= 4 is 150 Å². The summed E-state index contributed by atoms with van der Waals surface area (Å²) in [6.07, 6.45) is 19.2. The van der Waals surface area contributed by atoms with Crippen LogP contribution < -0.4 is 36.6 Å². The molecule has 12 saturated carbocycles. The number of anilines is 3. The number of rotatable bonds is 16. The van der Waals surface area contributed by atoms with Crippen LogP contribution in [0.3, 0.4) is 0 Å². The van der Waals surface area contributed by atoms with Gasteiger partial charge >= 0.3 is 11.9 Å². The number of aliphatic carboxylic acids is 2. The third kappa shape index (κ3) is 14.9. The van der Waals surface area contributed by atoms with Gasteiger partial charge in [0.1, 0.15) is 33.7 Å². The number of carbonyl (C=O) groups is 9. The third-order valence-corrected chi connectivity index (χ3v) is 38.7. The van der Waals surface area contributed by atoms with Crippen molar-refractivity contribution in [1.29, 1.82) is 0 Å². The van der Waals surface area contributed by atoms with E-state index in [1.807, 2.05) is 6.07 Å².